The Morgan fingerprint density at radius 1 is 1.38 bits per heavy atom. The minimum Gasteiger partial charge on any atom is -0.459 e. The minimum atomic E-state index is -0.131. The van der Waals surface area contributed by atoms with E-state index in [4.69, 9.17) is 4.42 Å². The van der Waals surface area contributed by atoms with Crippen molar-refractivity contribution < 1.29 is 4.42 Å². The third kappa shape index (κ3) is 2.62. The molecule has 0 saturated carbocycles. The van der Waals surface area contributed by atoms with Crippen LogP contribution >= 0.6 is 0 Å². The zero-order valence-electron chi connectivity index (χ0n) is 12.1. The zero-order valence-corrected chi connectivity index (χ0v) is 12.1. The molecular weight excluding hydrogens is 268 g/mol. The molecule has 1 N–H and O–H groups in total. The maximum absolute atomic E-state index is 11.9. The molecule has 6 heteroatoms. The molecule has 0 spiro atoms. The maximum atomic E-state index is 11.9. The Kier molecular flexibility index (Phi) is 3.62. The van der Waals surface area contributed by atoms with Crippen molar-refractivity contribution in [3.8, 4) is 0 Å². The molecule has 0 fully saturated rings. The number of rotatable bonds is 5. The van der Waals surface area contributed by atoms with Gasteiger partial charge in [-0.3, -0.25) is 4.57 Å². The summed E-state index contributed by atoms with van der Waals surface area (Å²) < 4.78 is 8.79. The van der Waals surface area contributed by atoms with E-state index in [2.05, 4.69) is 10.4 Å². The molecule has 110 valence electrons. The average Bonchev–Trinajstić information content (AvgIpc) is 3.05. The number of benzene rings is 1. The first kappa shape index (κ1) is 13.6. The normalized spacial score (nSPS) is 12.9. The van der Waals surface area contributed by atoms with E-state index in [-0.39, 0.29) is 11.7 Å². The van der Waals surface area contributed by atoms with E-state index in [0.717, 1.165) is 23.3 Å². The van der Waals surface area contributed by atoms with E-state index in [1.807, 2.05) is 37.3 Å². The Morgan fingerprint density at radius 3 is 2.86 bits per heavy atom. The third-order valence-corrected chi connectivity index (χ3v) is 3.48. The standard InChI is InChI=1S/C15H18N4O2/c1-3-16-12(9-19-15(20)18(2)10-17-19)14-8-11-6-4-5-7-13(11)21-14/h4-8,10,12,16H,3,9H2,1-2H3. The second-order valence-corrected chi connectivity index (χ2v) is 5.00. The highest BCUT2D eigenvalue weighted by atomic mass is 16.3. The van der Waals surface area contributed by atoms with Crippen LogP contribution in [0.4, 0.5) is 0 Å². The number of hydrogen-bond acceptors (Lipinski definition) is 4. The average molecular weight is 286 g/mol. The van der Waals surface area contributed by atoms with Crippen molar-refractivity contribution in [2.24, 2.45) is 7.05 Å². The monoisotopic (exact) mass is 286 g/mol. The van der Waals surface area contributed by atoms with Crippen LogP contribution in [0, 0.1) is 0 Å². The van der Waals surface area contributed by atoms with Crippen molar-refractivity contribution in [2.75, 3.05) is 6.54 Å². The number of aryl methyl sites for hydroxylation is 1. The van der Waals surface area contributed by atoms with Crippen LogP contribution in [-0.2, 0) is 13.6 Å². The predicted molar refractivity (Wildman–Crippen MR) is 80.1 cm³/mol. The summed E-state index contributed by atoms with van der Waals surface area (Å²) >= 11 is 0. The van der Waals surface area contributed by atoms with Crippen LogP contribution < -0.4 is 11.0 Å². The SMILES string of the molecule is CCNC(Cn1ncn(C)c1=O)c1cc2ccccc2o1. The van der Waals surface area contributed by atoms with Crippen LogP contribution in [0.2, 0.25) is 0 Å². The van der Waals surface area contributed by atoms with Crippen molar-refractivity contribution in [1.82, 2.24) is 19.7 Å². The van der Waals surface area contributed by atoms with Crippen molar-refractivity contribution in [1.29, 1.82) is 0 Å². The lowest BCUT2D eigenvalue weighted by atomic mass is 10.2. The number of nitrogens with zero attached hydrogens (tertiary/aromatic N) is 3. The van der Waals surface area contributed by atoms with E-state index in [1.54, 1.807) is 7.05 Å². The summed E-state index contributed by atoms with van der Waals surface area (Å²) in [7, 11) is 1.69. The Bertz CT molecular complexity index is 766. The lowest BCUT2D eigenvalue weighted by molar-refractivity contribution is 0.375. The first-order valence-electron chi connectivity index (χ1n) is 6.99. The highest BCUT2D eigenvalue weighted by Crippen LogP contribution is 2.24. The van der Waals surface area contributed by atoms with Gasteiger partial charge in [-0.25, -0.2) is 9.48 Å². The Balaban J connectivity index is 1.93. The van der Waals surface area contributed by atoms with Gasteiger partial charge in [-0.05, 0) is 18.7 Å². The van der Waals surface area contributed by atoms with Gasteiger partial charge in [0.05, 0.1) is 12.6 Å². The number of fused-ring (bicyclic) bond motifs is 1. The summed E-state index contributed by atoms with van der Waals surface area (Å²) in [6, 6.07) is 9.80. The Labute approximate surface area is 122 Å². The number of furan rings is 1. The molecular formula is C15H18N4O2. The molecule has 1 atom stereocenters. The van der Waals surface area contributed by atoms with Crippen molar-refractivity contribution in [2.45, 2.75) is 19.5 Å². The highest BCUT2D eigenvalue weighted by molar-refractivity contribution is 5.77. The lowest BCUT2D eigenvalue weighted by Gasteiger charge is -2.14. The summed E-state index contributed by atoms with van der Waals surface area (Å²) in [5.41, 5.74) is 0.720. The summed E-state index contributed by atoms with van der Waals surface area (Å²) in [5, 5.41) is 8.50. The molecule has 0 bridgehead atoms. The fraction of sp³-hybridized carbons (Fsp3) is 0.333. The van der Waals surface area contributed by atoms with Crippen LogP contribution in [0.3, 0.4) is 0 Å². The van der Waals surface area contributed by atoms with Gasteiger partial charge in [0.15, 0.2) is 0 Å². The number of aromatic nitrogens is 3. The molecule has 3 rings (SSSR count). The molecule has 1 aromatic carbocycles. The molecule has 0 aliphatic rings. The Morgan fingerprint density at radius 2 is 2.19 bits per heavy atom. The number of para-hydroxylation sites is 1. The fourth-order valence-electron chi connectivity index (χ4n) is 2.39. The molecule has 21 heavy (non-hydrogen) atoms. The van der Waals surface area contributed by atoms with E-state index in [9.17, 15) is 4.79 Å². The van der Waals surface area contributed by atoms with Gasteiger partial charge in [0.1, 0.15) is 17.7 Å². The van der Waals surface area contributed by atoms with Crippen LogP contribution in [0.25, 0.3) is 11.0 Å². The lowest BCUT2D eigenvalue weighted by Crippen LogP contribution is -2.31. The van der Waals surface area contributed by atoms with E-state index in [0.29, 0.717) is 6.54 Å². The summed E-state index contributed by atoms with van der Waals surface area (Å²) in [4.78, 5) is 11.9. The molecule has 0 aliphatic heterocycles. The molecule has 0 saturated heterocycles. The first-order chi connectivity index (χ1) is 10.2. The second kappa shape index (κ2) is 5.57. The van der Waals surface area contributed by atoms with Gasteiger partial charge in [0.25, 0.3) is 0 Å². The van der Waals surface area contributed by atoms with Crippen molar-refractivity contribution in [3.05, 3.63) is 52.9 Å². The first-order valence-corrected chi connectivity index (χ1v) is 6.99. The summed E-state index contributed by atoms with van der Waals surface area (Å²) in [6.07, 6.45) is 1.52. The van der Waals surface area contributed by atoms with Gasteiger partial charge in [0.2, 0.25) is 0 Å². The highest BCUT2D eigenvalue weighted by Gasteiger charge is 2.18. The van der Waals surface area contributed by atoms with Gasteiger partial charge in [-0.1, -0.05) is 25.1 Å². The minimum absolute atomic E-state index is 0.0880. The Hall–Kier alpha value is -2.34. The summed E-state index contributed by atoms with van der Waals surface area (Å²) in [6.45, 7) is 3.24. The molecule has 0 amide bonds. The maximum Gasteiger partial charge on any atom is 0.345 e. The molecule has 2 aromatic heterocycles. The molecule has 3 aromatic rings. The van der Waals surface area contributed by atoms with E-state index in [1.165, 1.54) is 15.6 Å². The van der Waals surface area contributed by atoms with Gasteiger partial charge in [0, 0.05) is 12.4 Å². The van der Waals surface area contributed by atoms with Crippen LogP contribution in [-0.4, -0.2) is 20.9 Å². The quantitative estimate of drug-likeness (QED) is 0.775. The molecule has 0 radical (unpaired) electrons. The van der Waals surface area contributed by atoms with Crippen LogP contribution in [0.1, 0.15) is 18.7 Å². The fourth-order valence-corrected chi connectivity index (χ4v) is 2.39. The molecule has 2 heterocycles. The molecule has 0 aliphatic carbocycles. The second-order valence-electron chi connectivity index (χ2n) is 5.00. The third-order valence-electron chi connectivity index (χ3n) is 3.48. The number of hydrogen-bond donors (Lipinski definition) is 1. The topological polar surface area (TPSA) is 65.0 Å². The smallest absolute Gasteiger partial charge is 0.345 e. The molecule has 1 unspecified atom stereocenters. The number of nitrogens with one attached hydrogen (secondary N) is 1. The van der Waals surface area contributed by atoms with Crippen molar-refractivity contribution in [3.63, 3.8) is 0 Å². The summed E-state index contributed by atoms with van der Waals surface area (Å²) in [5.74, 6) is 0.815. The number of likely N-dealkylation sites (N-methyl/N-ethyl adjacent to an activating group) is 1. The van der Waals surface area contributed by atoms with Crippen molar-refractivity contribution >= 4 is 11.0 Å². The molecule has 6 nitrogen and oxygen atoms in total. The van der Waals surface area contributed by atoms with Gasteiger partial charge in [-0.2, -0.15) is 5.10 Å². The zero-order chi connectivity index (χ0) is 14.8. The largest absolute Gasteiger partial charge is 0.459 e. The predicted octanol–water partition coefficient (Wildman–Crippen LogP) is 1.68. The van der Waals surface area contributed by atoms with Gasteiger partial charge in [-0.15, -0.1) is 0 Å². The van der Waals surface area contributed by atoms with Gasteiger partial charge >= 0.3 is 5.69 Å². The van der Waals surface area contributed by atoms with Gasteiger partial charge < -0.3 is 9.73 Å². The van der Waals surface area contributed by atoms with E-state index < -0.39 is 0 Å². The van der Waals surface area contributed by atoms with E-state index >= 15 is 0 Å². The van der Waals surface area contributed by atoms with Crippen LogP contribution in [0.15, 0.2) is 45.9 Å². The van der Waals surface area contributed by atoms with Crippen LogP contribution in [0.5, 0.6) is 0 Å².